The molecular formula is C19H28ClN3O2. The Morgan fingerprint density at radius 1 is 1.28 bits per heavy atom. The SMILES string of the molecule is CC1CCNCC1NC(=O)C(c1ccccc1)N1CCCCC1=O.Cl. The van der Waals surface area contributed by atoms with E-state index in [9.17, 15) is 9.59 Å². The van der Waals surface area contributed by atoms with Crippen LogP contribution in [0.1, 0.15) is 44.2 Å². The number of benzene rings is 1. The Hall–Kier alpha value is -1.59. The van der Waals surface area contributed by atoms with Gasteiger partial charge in [0.1, 0.15) is 6.04 Å². The molecule has 138 valence electrons. The fourth-order valence-corrected chi connectivity index (χ4v) is 3.65. The summed E-state index contributed by atoms with van der Waals surface area (Å²) in [6.07, 6.45) is 3.48. The molecule has 25 heavy (non-hydrogen) atoms. The van der Waals surface area contributed by atoms with E-state index in [4.69, 9.17) is 0 Å². The molecule has 0 spiro atoms. The van der Waals surface area contributed by atoms with Gasteiger partial charge in [-0.05, 0) is 37.3 Å². The van der Waals surface area contributed by atoms with E-state index < -0.39 is 6.04 Å². The van der Waals surface area contributed by atoms with Gasteiger partial charge in [0.15, 0.2) is 0 Å². The average molecular weight is 366 g/mol. The molecule has 3 rings (SSSR count). The van der Waals surface area contributed by atoms with E-state index in [-0.39, 0.29) is 30.3 Å². The van der Waals surface area contributed by atoms with Gasteiger partial charge >= 0.3 is 0 Å². The smallest absolute Gasteiger partial charge is 0.247 e. The van der Waals surface area contributed by atoms with Gasteiger partial charge in [-0.1, -0.05) is 37.3 Å². The number of halogens is 1. The van der Waals surface area contributed by atoms with Gasteiger partial charge in [0.05, 0.1) is 0 Å². The van der Waals surface area contributed by atoms with Crippen molar-refractivity contribution in [3.05, 3.63) is 35.9 Å². The van der Waals surface area contributed by atoms with Crippen molar-refractivity contribution in [2.45, 2.75) is 44.7 Å². The zero-order valence-electron chi connectivity index (χ0n) is 14.7. The van der Waals surface area contributed by atoms with E-state index >= 15 is 0 Å². The van der Waals surface area contributed by atoms with Crippen LogP contribution in [0, 0.1) is 5.92 Å². The molecule has 0 aliphatic carbocycles. The minimum atomic E-state index is -0.520. The number of nitrogens with one attached hydrogen (secondary N) is 2. The van der Waals surface area contributed by atoms with Gasteiger partial charge in [-0.25, -0.2) is 0 Å². The number of piperidine rings is 2. The monoisotopic (exact) mass is 365 g/mol. The lowest BCUT2D eigenvalue weighted by Gasteiger charge is -2.36. The molecule has 0 bridgehead atoms. The van der Waals surface area contributed by atoms with E-state index in [2.05, 4.69) is 17.6 Å². The third-order valence-electron chi connectivity index (χ3n) is 5.19. The quantitative estimate of drug-likeness (QED) is 0.860. The van der Waals surface area contributed by atoms with Crippen LogP contribution in [0.3, 0.4) is 0 Å². The molecule has 0 aromatic heterocycles. The van der Waals surface area contributed by atoms with Crippen molar-refractivity contribution in [2.75, 3.05) is 19.6 Å². The Labute approximate surface area is 155 Å². The molecule has 3 atom stereocenters. The summed E-state index contributed by atoms with van der Waals surface area (Å²) in [4.78, 5) is 27.2. The van der Waals surface area contributed by atoms with Gasteiger partial charge in [0, 0.05) is 25.6 Å². The zero-order valence-corrected chi connectivity index (χ0v) is 15.6. The summed E-state index contributed by atoms with van der Waals surface area (Å²) in [5.74, 6) is 0.473. The number of likely N-dealkylation sites (tertiary alicyclic amines) is 1. The van der Waals surface area contributed by atoms with Crippen LogP contribution in [0.25, 0.3) is 0 Å². The summed E-state index contributed by atoms with van der Waals surface area (Å²) in [7, 11) is 0. The lowest BCUT2D eigenvalue weighted by molar-refractivity contribution is -0.143. The maximum absolute atomic E-state index is 13.1. The molecule has 2 saturated heterocycles. The highest BCUT2D eigenvalue weighted by atomic mass is 35.5. The van der Waals surface area contributed by atoms with E-state index in [1.807, 2.05) is 30.3 Å². The summed E-state index contributed by atoms with van der Waals surface area (Å²) < 4.78 is 0. The molecule has 2 N–H and O–H groups in total. The number of hydrogen-bond donors (Lipinski definition) is 2. The van der Waals surface area contributed by atoms with E-state index in [1.165, 1.54) is 0 Å². The Bertz CT molecular complexity index is 581. The molecule has 2 amide bonds. The van der Waals surface area contributed by atoms with Crippen molar-refractivity contribution in [1.82, 2.24) is 15.5 Å². The first kappa shape index (κ1) is 19.7. The predicted molar refractivity (Wildman–Crippen MR) is 101 cm³/mol. The zero-order chi connectivity index (χ0) is 16.9. The van der Waals surface area contributed by atoms with Gasteiger partial charge < -0.3 is 15.5 Å². The second-order valence-corrected chi connectivity index (χ2v) is 6.94. The highest BCUT2D eigenvalue weighted by molar-refractivity contribution is 5.89. The Morgan fingerprint density at radius 3 is 2.72 bits per heavy atom. The number of amides is 2. The van der Waals surface area contributed by atoms with Crippen LogP contribution in [0.4, 0.5) is 0 Å². The van der Waals surface area contributed by atoms with E-state index in [0.29, 0.717) is 18.9 Å². The number of nitrogens with zero attached hydrogens (tertiary/aromatic N) is 1. The van der Waals surface area contributed by atoms with Crippen molar-refractivity contribution in [3.8, 4) is 0 Å². The normalized spacial score (nSPS) is 25.0. The van der Waals surface area contributed by atoms with Crippen LogP contribution in [0.2, 0.25) is 0 Å². The first-order valence-electron chi connectivity index (χ1n) is 9.02. The lowest BCUT2D eigenvalue weighted by Crippen LogP contribution is -2.54. The molecular weight excluding hydrogens is 338 g/mol. The summed E-state index contributed by atoms with van der Waals surface area (Å²) >= 11 is 0. The van der Waals surface area contributed by atoms with Crippen molar-refractivity contribution in [3.63, 3.8) is 0 Å². The molecule has 2 aliphatic rings. The number of carbonyl (C=O) groups is 2. The predicted octanol–water partition coefficient (Wildman–Crippen LogP) is 2.28. The molecule has 1 aromatic carbocycles. The van der Waals surface area contributed by atoms with Gasteiger partial charge in [-0.2, -0.15) is 0 Å². The standard InChI is InChI=1S/C19H27N3O2.ClH/c1-14-10-11-20-13-16(14)21-19(24)18(15-7-3-2-4-8-15)22-12-6-5-9-17(22)23;/h2-4,7-8,14,16,18,20H,5-6,9-13H2,1H3,(H,21,24);1H. The molecule has 0 radical (unpaired) electrons. The first-order valence-corrected chi connectivity index (χ1v) is 9.02. The van der Waals surface area contributed by atoms with Crippen LogP contribution in [-0.4, -0.2) is 42.4 Å². The minimum absolute atomic E-state index is 0. The van der Waals surface area contributed by atoms with Crippen LogP contribution >= 0.6 is 12.4 Å². The highest BCUT2D eigenvalue weighted by Gasteiger charge is 2.34. The van der Waals surface area contributed by atoms with E-state index in [1.54, 1.807) is 4.90 Å². The van der Waals surface area contributed by atoms with Crippen molar-refractivity contribution in [1.29, 1.82) is 0 Å². The molecule has 5 nitrogen and oxygen atoms in total. The summed E-state index contributed by atoms with van der Waals surface area (Å²) in [5.41, 5.74) is 0.890. The van der Waals surface area contributed by atoms with Crippen LogP contribution in [-0.2, 0) is 9.59 Å². The molecule has 2 aliphatic heterocycles. The van der Waals surface area contributed by atoms with Crippen molar-refractivity contribution < 1.29 is 9.59 Å². The van der Waals surface area contributed by atoms with Crippen LogP contribution in [0.5, 0.6) is 0 Å². The van der Waals surface area contributed by atoms with E-state index in [0.717, 1.165) is 37.9 Å². The summed E-state index contributed by atoms with van der Waals surface area (Å²) in [5, 5.41) is 6.53. The van der Waals surface area contributed by atoms with Gasteiger partial charge in [0.25, 0.3) is 0 Å². The van der Waals surface area contributed by atoms with Gasteiger partial charge in [-0.15, -0.1) is 12.4 Å². The highest BCUT2D eigenvalue weighted by Crippen LogP contribution is 2.26. The van der Waals surface area contributed by atoms with Crippen LogP contribution < -0.4 is 10.6 Å². The molecule has 1 aromatic rings. The molecule has 0 saturated carbocycles. The maximum atomic E-state index is 13.1. The Balaban J connectivity index is 0.00000225. The molecule has 2 fully saturated rings. The molecule has 2 heterocycles. The van der Waals surface area contributed by atoms with Crippen LogP contribution in [0.15, 0.2) is 30.3 Å². The van der Waals surface area contributed by atoms with Gasteiger partial charge in [0.2, 0.25) is 11.8 Å². The van der Waals surface area contributed by atoms with Gasteiger partial charge in [-0.3, -0.25) is 9.59 Å². The molecule has 3 unspecified atom stereocenters. The lowest BCUT2D eigenvalue weighted by atomic mass is 9.93. The van der Waals surface area contributed by atoms with Crippen molar-refractivity contribution >= 4 is 24.2 Å². The fraction of sp³-hybridized carbons (Fsp3) is 0.579. The third kappa shape index (κ3) is 4.73. The van der Waals surface area contributed by atoms with Crippen molar-refractivity contribution in [2.24, 2.45) is 5.92 Å². The fourth-order valence-electron chi connectivity index (χ4n) is 3.65. The second-order valence-electron chi connectivity index (χ2n) is 6.94. The topological polar surface area (TPSA) is 61.4 Å². The first-order chi connectivity index (χ1) is 11.7. The maximum Gasteiger partial charge on any atom is 0.247 e. The number of hydrogen-bond acceptors (Lipinski definition) is 3. The number of carbonyl (C=O) groups excluding carboxylic acids is 2. The average Bonchev–Trinajstić information content (AvgIpc) is 2.60. The summed E-state index contributed by atoms with van der Waals surface area (Å²) in [6, 6.07) is 9.27. The number of rotatable bonds is 4. The molecule has 6 heteroatoms. The second kappa shape index (κ2) is 9.20. The Morgan fingerprint density at radius 2 is 2.04 bits per heavy atom. The summed E-state index contributed by atoms with van der Waals surface area (Å²) in [6.45, 7) is 4.63. The Kier molecular flexibility index (Phi) is 7.26. The third-order valence-corrected chi connectivity index (χ3v) is 5.19. The largest absolute Gasteiger partial charge is 0.350 e. The minimum Gasteiger partial charge on any atom is -0.350 e.